The number of anilines is 1. The molecule has 0 fully saturated rings. The molecule has 0 radical (unpaired) electrons. The molecule has 128 valence electrons. The van der Waals surface area contributed by atoms with E-state index in [1.54, 1.807) is 12.1 Å². The Morgan fingerprint density at radius 1 is 1.12 bits per heavy atom. The van der Waals surface area contributed by atoms with Gasteiger partial charge in [0.05, 0.1) is 17.4 Å². The molecule has 25 heavy (non-hydrogen) atoms. The summed E-state index contributed by atoms with van der Waals surface area (Å²) >= 11 is 0. The summed E-state index contributed by atoms with van der Waals surface area (Å²) in [6.45, 7) is 0.135. The molecule has 8 nitrogen and oxygen atoms in total. The van der Waals surface area contributed by atoms with Gasteiger partial charge >= 0.3 is 0 Å². The third-order valence-electron chi connectivity index (χ3n) is 3.76. The molecule has 0 atom stereocenters. The van der Waals surface area contributed by atoms with Crippen LogP contribution in [-0.2, 0) is 4.79 Å². The van der Waals surface area contributed by atoms with Crippen LogP contribution in [0.3, 0.4) is 0 Å². The number of hydrogen-bond donors (Lipinski definition) is 2. The number of carbonyl (C=O) groups excluding carboxylic acids is 4. The van der Waals surface area contributed by atoms with Gasteiger partial charge in [0.25, 0.3) is 17.7 Å². The Kier molecular flexibility index (Phi) is 4.34. The molecule has 0 aliphatic carbocycles. The van der Waals surface area contributed by atoms with Gasteiger partial charge in [0.1, 0.15) is 0 Å². The lowest BCUT2D eigenvalue weighted by Gasteiger charge is -2.07. The van der Waals surface area contributed by atoms with Crippen LogP contribution in [0.2, 0.25) is 0 Å². The summed E-state index contributed by atoms with van der Waals surface area (Å²) in [6, 6.07) is 7.66. The van der Waals surface area contributed by atoms with Crippen LogP contribution >= 0.6 is 0 Å². The van der Waals surface area contributed by atoms with Crippen LogP contribution in [0, 0.1) is 0 Å². The fraction of sp³-hybridized carbons (Fsp3) is 0.176. The highest BCUT2D eigenvalue weighted by molar-refractivity contribution is 6.21. The molecule has 1 aliphatic heterocycles. The topological polar surface area (TPSA) is 109 Å². The normalized spacial score (nSPS) is 12.9. The molecule has 8 heteroatoms. The van der Waals surface area contributed by atoms with Crippen molar-refractivity contribution in [2.45, 2.75) is 6.42 Å². The van der Waals surface area contributed by atoms with Crippen molar-refractivity contribution in [3.63, 3.8) is 0 Å². The van der Waals surface area contributed by atoms with Crippen LogP contribution in [0.25, 0.3) is 0 Å². The van der Waals surface area contributed by atoms with Crippen molar-refractivity contribution in [3.8, 4) is 0 Å². The summed E-state index contributed by atoms with van der Waals surface area (Å²) in [5.74, 6) is -1.32. The van der Waals surface area contributed by atoms with Crippen LogP contribution in [-0.4, -0.2) is 42.1 Å². The zero-order valence-electron chi connectivity index (χ0n) is 13.4. The van der Waals surface area contributed by atoms with E-state index in [0.29, 0.717) is 11.3 Å². The van der Waals surface area contributed by atoms with Crippen LogP contribution in [0.5, 0.6) is 0 Å². The Balaban J connectivity index is 1.55. The van der Waals surface area contributed by atoms with Crippen molar-refractivity contribution < 1.29 is 23.6 Å². The Bertz CT molecular complexity index is 857. The first-order valence-electron chi connectivity index (χ1n) is 7.55. The second-order valence-electron chi connectivity index (χ2n) is 5.46. The van der Waals surface area contributed by atoms with E-state index in [1.165, 1.54) is 31.5 Å². The molecule has 3 rings (SSSR count). The number of carbonyl (C=O) groups is 4. The molecular formula is C17H15N3O5. The van der Waals surface area contributed by atoms with Crippen molar-refractivity contribution >= 4 is 29.3 Å². The summed E-state index contributed by atoms with van der Waals surface area (Å²) in [6.07, 6.45) is 1.44. The van der Waals surface area contributed by atoms with E-state index in [2.05, 4.69) is 10.6 Å². The minimum Gasteiger partial charge on any atom is -0.459 e. The Morgan fingerprint density at radius 2 is 1.88 bits per heavy atom. The highest BCUT2D eigenvalue weighted by Gasteiger charge is 2.32. The quantitative estimate of drug-likeness (QED) is 0.796. The average Bonchev–Trinajstić information content (AvgIpc) is 3.20. The van der Waals surface area contributed by atoms with Gasteiger partial charge in [0.15, 0.2) is 5.76 Å². The van der Waals surface area contributed by atoms with E-state index in [9.17, 15) is 19.2 Å². The van der Waals surface area contributed by atoms with Gasteiger partial charge in [0.2, 0.25) is 5.91 Å². The first kappa shape index (κ1) is 16.4. The highest BCUT2D eigenvalue weighted by atomic mass is 16.3. The predicted molar refractivity (Wildman–Crippen MR) is 87.2 cm³/mol. The number of furan rings is 1. The minimum absolute atomic E-state index is 0.0519. The lowest BCUT2D eigenvalue weighted by molar-refractivity contribution is -0.116. The molecule has 0 bridgehead atoms. The van der Waals surface area contributed by atoms with Gasteiger partial charge in [-0.2, -0.15) is 0 Å². The number of nitrogens with zero attached hydrogens (tertiary/aromatic N) is 1. The number of fused-ring (bicyclic) bond motifs is 1. The van der Waals surface area contributed by atoms with E-state index < -0.39 is 11.8 Å². The van der Waals surface area contributed by atoms with Crippen LogP contribution in [0.1, 0.15) is 37.7 Å². The zero-order valence-corrected chi connectivity index (χ0v) is 13.4. The Hall–Kier alpha value is -3.42. The highest BCUT2D eigenvalue weighted by Crippen LogP contribution is 2.24. The largest absolute Gasteiger partial charge is 0.459 e. The molecule has 1 aromatic heterocycles. The maximum absolute atomic E-state index is 11.9. The summed E-state index contributed by atoms with van der Waals surface area (Å²) in [7, 11) is 1.41. The monoisotopic (exact) mass is 341 g/mol. The third-order valence-corrected chi connectivity index (χ3v) is 3.76. The van der Waals surface area contributed by atoms with Gasteiger partial charge in [0, 0.05) is 25.7 Å². The molecule has 0 saturated carbocycles. The van der Waals surface area contributed by atoms with Crippen LogP contribution in [0.4, 0.5) is 5.69 Å². The van der Waals surface area contributed by atoms with E-state index in [-0.39, 0.29) is 36.1 Å². The van der Waals surface area contributed by atoms with Crippen LogP contribution < -0.4 is 10.6 Å². The average molecular weight is 341 g/mol. The van der Waals surface area contributed by atoms with E-state index in [4.69, 9.17) is 4.42 Å². The number of imide groups is 1. The summed E-state index contributed by atoms with van der Waals surface area (Å²) in [4.78, 5) is 48.4. The van der Waals surface area contributed by atoms with Crippen molar-refractivity contribution in [3.05, 3.63) is 53.5 Å². The van der Waals surface area contributed by atoms with Gasteiger partial charge in [-0.15, -0.1) is 0 Å². The molecule has 2 heterocycles. The zero-order chi connectivity index (χ0) is 18.0. The van der Waals surface area contributed by atoms with Gasteiger partial charge in [-0.1, -0.05) is 0 Å². The maximum atomic E-state index is 11.9. The second kappa shape index (κ2) is 6.60. The lowest BCUT2D eigenvalue weighted by Crippen LogP contribution is -2.27. The van der Waals surface area contributed by atoms with Gasteiger partial charge in [-0.3, -0.25) is 24.1 Å². The molecule has 1 aromatic carbocycles. The standard InChI is InChI=1S/C17H15N3O5/c1-20-16(23)11-5-4-10(9-12(11)17(20)24)19-14(21)6-7-18-15(22)13-3-2-8-25-13/h2-5,8-9H,6-7H2,1H3,(H,18,22)(H,19,21). The van der Waals surface area contributed by atoms with Crippen molar-refractivity contribution in [1.82, 2.24) is 10.2 Å². The fourth-order valence-electron chi connectivity index (χ4n) is 2.45. The summed E-state index contributed by atoms with van der Waals surface area (Å²) in [5, 5.41) is 5.20. The first-order valence-corrected chi connectivity index (χ1v) is 7.55. The van der Waals surface area contributed by atoms with Crippen molar-refractivity contribution in [1.29, 1.82) is 0 Å². The van der Waals surface area contributed by atoms with Crippen molar-refractivity contribution in [2.75, 3.05) is 18.9 Å². The van der Waals surface area contributed by atoms with Gasteiger partial charge in [-0.05, 0) is 30.3 Å². The summed E-state index contributed by atoms with van der Waals surface area (Å²) in [5.41, 5.74) is 0.991. The van der Waals surface area contributed by atoms with Gasteiger partial charge in [-0.25, -0.2) is 0 Å². The number of benzene rings is 1. The Morgan fingerprint density at radius 3 is 2.60 bits per heavy atom. The molecule has 0 spiro atoms. The van der Waals surface area contributed by atoms with E-state index in [1.807, 2.05) is 0 Å². The van der Waals surface area contributed by atoms with Gasteiger partial charge < -0.3 is 15.1 Å². The fourth-order valence-corrected chi connectivity index (χ4v) is 2.45. The number of amides is 4. The first-order chi connectivity index (χ1) is 12.0. The smallest absolute Gasteiger partial charge is 0.286 e. The Labute approximate surface area is 142 Å². The molecule has 2 aromatic rings. The second-order valence-corrected chi connectivity index (χ2v) is 5.46. The third kappa shape index (κ3) is 3.27. The number of hydrogen-bond acceptors (Lipinski definition) is 5. The lowest BCUT2D eigenvalue weighted by atomic mass is 10.1. The molecular weight excluding hydrogens is 326 g/mol. The van der Waals surface area contributed by atoms with E-state index in [0.717, 1.165) is 4.90 Å². The predicted octanol–water partition coefficient (Wildman–Crippen LogP) is 1.26. The minimum atomic E-state index is -0.401. The summed E-state index contributed by atoms with van der Waals surface area (Å²) < 4.78 is 4.94. The maximum Gasteiger partial charge on any atom is 0.286 e. The van der Waals surface area contributed by atoms with Crippen molar-refractivity contribution in [2.24, 2.45) is 0 Å². The van der Waals surface area contributed by atoms with Crippen LogP contribution in [0.15, 0.2) is 41.0 Å². The van der Waals surface area contributed by atoms with E-state index >= 15 is 0 Å². The molecule has 1 aliphatic rings. The molecule has 2 N–H and O–H groups in total. The molecule has 0 unspecified atom stereocenters. The molecule has 0 saturated heterocycles. The SMILES string of the molecule is CN1C(=O)c2ccc(NC(=O)CCNC(=O)c3ccco3)cc2C1=O. The molecule has 4 amide bonds. The number of nitrogens with one attached hydrogen (secondary N) is 2. The number of rotatable bonds is 5.